The molecule has 1 aliphatic rings. The van der Waals surface area contributed by atoms with Crippen molar-refractivity contribution in [1.82, 2.24) is 10.0 Å². The summed E-state index contributed by atoms with van der Waals surface area (Å²) in [6.45, 7) is 5.37. The highest BCUT2D eigenvalue weighted by atomic mass is 32.2. The molecular formula is C10H22N2O2S. The number of sulfonamides is 1. The zero-order valence-corrected chi connectivity index (χ0v) is 10.5. The third-order valence-electron chi connectivity index (χ3n) is 3.16. The molecule has 0 aromatic rings. The van der Waals surface area contributed by atoms with Gasteiger partial charge >= 0.3 is 0 Å². The summed E-state index contributed by atoms with van der Waals surface area (Å²) in [7, 11) is -3.10. The highest BCUT2D eigenvalue weighted by molar-refractivity contribution is 7.89. The van der Waals surface area contributed by atoms with E-state index in [2.05, 4.69) is 10.0 Å². The van der Waals surface area contributed by atoms with Gasteiger partial charge in [0.15, 0.2) is 0 Å². The van der Waals surface area contributed by atoms with Crippen LogP contribution in [0.15, 0.2) is 0 Å². The average Bonchev–Trinajstić information content (AvgIpc) is 2.12. The predicted octanol–water partition coefficient (Wildman–Crippen LogP) is 0.848. The van der Waals surface area contributed by atoms with Gasteiger partial charge in [0.25, 0.3) is 0 Å². The molecule has 1 rings (SSSR count). The standard InChI is InChI=1S/C10H22N2O2S/c1-3-10(6-5-7-10)12-15(13,14)9-8-11-4-2/h11-12H,3-9H2,1-2H3. The largest absolute Gasteiger partial charge is 0.316 e. The van der Waals surface area contributed by atoms with Crippen LogP contribution >= 0.6 is 0 Å². The average molecular weight is 234 g/mol. The second-order valence-electron chi connectivity index (χ2n) is 4.26. The molecule has 0 amide bonds. The Morgan fingerprint density at radius 2 is 1.93 bits per heavy atom. The van der Waals surface area contributed by atoms with Crippen molar-refractivity contribution in [3.63, 3.8) is 0 Å². The summed E-state index contributed by atoms with van der Waals surface area (Å²) in [5.74, 6) is 0.183. The van der Waals surface area contributed by atoms with Crippen LogP contribution in [0.5, 0.6) is 0 Å². The summed E-state index contributed by atoms with van der Waals surface area (Å²) in [4.78, 5) is 0. The normalized spacial score (nSPS) is 19.9. The smallest absolute Gasteiger partial charge is 0.213 e. The van der Waals surface area contributed by atoms with Gasteiger partial charge in [-0.25, -0.2) is 13.1 Å². The molecule has 0 unspecified atom stereocenters. The van der Waals surface area contributed by atoms with E-state index in [0.29, 0.717) is 6.54 Å². The van der Waals surface area contributed by atoms with Gasteiger partial charge in [0.2, 0.25) is 10.0 Å². The Balaban J connectivity index is 2.41. The minimum atomic E-state index is -3.10. The summed E-state index contributed by atoms with van der Waals surface area (Å²) < 4.78 is 26.3. The summed E-state index contributed by atoms with van der Waals surface area (Å²) >= 11 is 0. The molecule has 1 aliphatic carbocycles. The van der Waals surface area contributed by atoms with Crippen LogP contribution in [-0.2, 0) is 10.0 Å². The zero-order valence-electron chi connectivity index (χ0n) is 9.67. The second kappa shape index (κ2) is 5.27. The first kappa shape index (κ1) is 12.9. The fourth-order valence-corrected chi connectivity index (χ4v) is 3.42. The maximum atomic E-state index is 11.7. The molecular weight excluding hydrogens is 212 g/mol. The molecule has 0 saturated heterocycles. The molecule has 0 aromatic heterocycles. The van der Waals surface area contributed by atoms with Crippen LogP contribution in [0.4, 0.5) is 0 Å². The van der Waals surface area contributed by atoms with Crippen LogP contribution in [0.3, 0.4) is 0 Å². The van der Waals surface area contributed by atoms with Crippen LogP contribution < -0.4 is 10.0 Å². The predicted molar refractivity (Wildman–Crippen MR) is 62.3 cm³/mol. The molecule has 4 nitrogen and oxygen atoms in total. The number of rotatable bonds is 7. The zero-order chi connectivity index (χ0) is 11.4. The molecule has 1 fully saturated rings. The fraction of sp³-hybridized carbons (Fsp3) is 1.00. The number of nitrogens with one attached hydrogen (secondary N) is 2. The van der Waals surface area contributed by atoms with Gasteiger partial charge < -0.3 is 5.32 Å². The van der Waals surface area contributed by atoms with E-state index in [1.54, 1.807) is 0 Å². The lowest BCUT2D eigenvalue weighted by Crippen LogP contribution is -2.54. The van der Waals surface area contributed by atoms with E-state index < -0.39 is 10.0 Å². The molecule has 1 saturated carbocycles. The van der Waals surface area contributed by atoms with Gasteiger partial charge in [-0.1, -0.05) is 13.8 Å². The topological polar surface area (TPSA) is 58.2 Å². The second-order valence-corrected chi connectivity index (χ2v) is 6.10. The van der Waals surface area contributed by atoms with E-state index in [9.17, 15) is 8.42 Å². The molecule has 0 radical (unpaired) electrons. The molecule has 0 bridgehead atoms. The molecule has 0 atom stereocenters. The van der Waals surface area contributed by atoms with Crippen molar-refractivity contribution >= 4 is 10.0 Å². The lowest BCUT2D eigenvalue weighted by atomic mass is 9.76. The van der Waals surface area contributed by atoms with Gasteiger partial charge in [-0.15, -0.1) is 0 Å². The Morgan fingerprint density at radius 1 is 1.27 bits per heavy atom. The lowest BCUT2D eigenvalue weighted by Gasteiger charge is -2.41. The van der Waals surface area contributed by atoms with Crippen molar-refractivity contribution in [3.05, 3.63) is 0 Å². The molecule has 0 spiro atoms. The maximum Gasteiger partial charge on any atom is 0.213 e. The van der Waals surface area contributed by atoms with Crippen LogP contribution in [-0.4, -0.2) is 32.8 Å². The van der Waals surface area contributed by atoms with E-state index in [4.69, 9.17) is 0 Å². The minimum Gasteiger partial charge on any atom is -0.316 e. The van der Waals surface area contributed by atoms with Gasteiger partial charge in [-0.2, -0.15) is 0 Å². The number of hydrogen-bond acceptors (Lipinski definition) is 3. The lowest BCUT2D eigenvalue weighted by molar-refractivity contribution is 0.214. The first-order chi connectivity index (χ1) is 7.04. The molecule has 0 heterocycles. The summed E-state index contributed by atoms with van der Waals surface area (Å²) in [5, 5.41) is 3.03. The molecule has 90 valence electrons. The van der Waals surface area contributed by atoms with E-state index in [0.717, 1.165) is 32.2 Å². The van der Waals surface area contributed by atoms with Crippen LogP contribution in [0.1, 0.15) is 39.5 Å². The molecule has 0 aliphatic heterocycles. The summed E-state index contributed by atoms with van der Waals surface area (Å²) in [6.07, 6.45) is 4.02. The van der Waals surface area contributed by atoms with Gasteiger partial charge in [-0.05, 0) is 32.2 Å². The highest BCUT2D eigenvalue weighted by Gasteiger charge is 2.38. The van der Waals surface area contributed by atoms with Crippen molar-refractivity contribution in [2.24, 2.45) is 0 Å². The third-order valence-corrected chi connectivity index (χ3v) is 4.64. The Morgan fingerprint density at radius 3 is 2.33 bits per heavy atom. The van der Waals surface area contributed by atoms with Crippen molar-refractivity contribution in [1.29, 1.82) is 0 Å². The van der Waals surface area contributed by atoms with Gasteiger partial charge in [-0.3, -0.25) is 0 Å². The Hall–Kier alpha value is -0.130. The van der Waals surface area contributed by atoms with Crippen molar-refractivity contribution in [2.45, 2.75) is 45.1 Å². The van der Waals surface area contributed by atoms with E-state index >= 15 is 0 Å². The minimum absolute atomic E-state index is 0.120. The molecule has 0 aromatic carbocycles. The first-order valence-corrected chi connectivity index (χ1v) is 7.41. The Labute approximate surface area is 92.9 Å². The quantitative estimate of drug-likeness (QED) is 0.642. The van der Waals surface area contributed by atoms with Gasteiger partial charge in [0.05, 0.1) is 5.75 Å². The maximum absolute atomic E-state index is 11.7. The fourth-order valence-electron chi connectivity index (χ4n) is 1.90. The Kier molecular flexibility index (Phi) is 4.55. The third kappa shape index (κ3) is 3.74. The van der Waals surface area contributed by atoms with Crippen LogP contribution in [0.25, 0.3) is 0 Å². The van der Waals surface area contributed by atoms with Crippen molar-refractivity contribution in [3.8, 4) is 0 Å². The van der Waals surface area contributed by atoms with Crippen molar-refractivity contribution < 1.29 is 8.42 Å². The van der Waals surface area contributed by atoms with Crippen LogP contribution in [0, 0.1) is 0 Å². The molecule has 2 N–H and O–H groups in total. The molecule has 5 heteroatoms. The van der Waals surface area contributed by atoms with Gasteiger partial charge in [0.1, 0.15) is 0 Å². The first-order valence-electron chi connectivity index (χ1n) is 5.76. The van der Waals surface area contributed by atoms with Crippen molar-refractivity contribution in [2.75, 3.05) is 18.8 Å². The number of hydrogen-bond donors (Lipinski definition) is 2. The summed E-state index contributed by atoms with van der Waals surface area (Å²) in [6, 6.07) is 0. The molecule has 15 heavy (non-hydrogen) atoms. The van der Waals surface area contributed by atoms with E-state index in [1.165, 1.54) is 0 Å². The van der Waals surface area contributed by atoms with Gasteiger partial charge in [0, 0.05) is 12.1 Å². The van der Waals surface area contributed by atoms with E-state index in [-0.39, 0.29) is 11.3 Å². The highest BCUT2D eigenvalue weighted by Crippen LogP contribution is 2.35. The monoisotopic (exact) mass is 234 g/mol. The van der Waals surface area contributed by atoms with Crippen LogP contribution in [0.2, 0.25) is 0 Å². The Bertz CT molecular complexity index is 278. The van der Waals surface area contributed by atoms with E-state index in [1.807, 2.05) is 13.8 Å². The summed E-state index contributed by atoms with van der Waals surface area (Å²) in [5.41, 5.74) is -0.120. The SMILES string of the molecule is CCNCCS(=O)(=O)NC1(CC)CCC1.